The van der Waals surface area contributed by atoms with Gasteiger partial charge >= 0.3 is 0 Å². The Bertz CT molecular complexity index is 884. The number of carbonyl (C=O) groups is 2. The lowest BCUT2D eigenvalue weighted by Gasteiger charge is -2.26. The van der Waals surface area contributed by atoms with E-state index in [1.54, 1.807) is 0 Å². The van der Waals surface area contributed by atoms with Gasteiger partial charge in [-0.1, -0.05) is 18.2 Å². The highest BCUT2D eigenvalue weighted by atomic mass is 16.2. The lowest BCUT2D eigenvalue weighted by atomic mass is 10.1. The molecule has 152 valence electrons. The third kappa shape index (κ3) is 3.92. The fourth-order valence-electron chi connectivity index (χ4n) is 4.36. The molecule has 28 heavy (non-hydrogen) atoms. The zero-order valence-electron chi connectivity index (χ0n) is 17.7. The normalized spacial score (nSPS) is 17.1. The number of carbonyl (C=O) groups excluding carboxylic acids is 2. The predicted molar refractivity (Wildman–Crippen MR) is 113 cm³/mol. The highest BCUT2D eigenvalue weighted by molar-refractivity contribution is 6.02. The highest BCUT2D eigenvalue weighted by Crippen LogP contribution is 2.27. The van der Waals surface area contributed by atoms with Crippen molar-refractivity contribution in [1.82, 2.24) is 19.7 Å². The van der Waals surface area contributed by atoms with Crippen LogP contribution in [0.2, 0.25) is 0 Å². The van der Waals surface area contributed by atoms with Gasteiger partial charge in [0.25, 0.3) is 5.91 Å². The fourth-order valence-corrected chi connectivity index (χ4v) is 4.36. The summed E-state index contributed by atoms with van der Waals surface area (Å²) in [5.74, 6) is 0.193. The maximum Gasteiger partial charge on any atom is 0.268 e. The predicted octanol–water partition coefficient (Wildman–Crippen LogP) is 2.47. The van der Waals surface area contributed by atoms with Crippen LogP contribution in [-0.2, 0) is 11.8 Å². The van der Waals surface area contributed by atoms with Gasteiger partial charge in [0.2, 0.25) is 5.91 Å². The number of nitrogens with zero attached hydrogens (tertiary/aromatic N) is 3. The summed E-state index contributed by atoms with van der Waals surface area (Å²) < 4.78 is 2.00. The second-order valence-electron chi connectivity index (χ2n) is 8.13. The van der Waals surface area contributed by atoms with Crippen LogP contribution in [0.15, 0.2) is 18.2 Å². The minimum absolute atomic E-state index is 0.0419. The number of aromatic nitrogens is 1. The average Bonchev–Trinajstić information content (AvgIpc) is 3.11. The molecule has 6 heteroatoms. The number of rotatable bonds is 7. The van der Waals surface area contributed by atoms with Crippen molar-refractivity contribution in [3.63, 3.8) is 0 Å². The molecule has 2 amide bonds. The third-order valence-electron chi connectivity index (χ3n) is 5.89. The van der Waals surface area contributed by atoms with E-state index >= 15 is 0 Å². The minimum Gasteiger partial charge on any atom is -0.351 e. The molecule has 1 aliphatic rings. The lowest BCUT2D eigenvalue weighted by Crippen LogP contribution is -2.40. The Hall–Kier alpha value is -2.34. The van der Waals surface area contributed by atoms with Crippen LogP contribution in [0.4, 0.5) is 0 Å². The van der Waals surface area contributed by atoms with Crippen LogP contribution >= 0.6 is 0 Å². The number of likely N-dealkylation sites (N-methyl/N-ethyl adjacent to an activating group) is 1. The van der Waals surface area contributed by atoms with Gasteiger partial charge in [-0.3, -0.25) is 9.59 Å². The van der Waals surface area contributed by atoms with Crippen molar-refractivity contribution in [2.75, 3.05) is 33.7 Å². The summed E-state index contributed by atoms with van der Waals surface area (Å²) in [4.78, 5) is 29.1. The zero-order chi connectivity index (χ0) is 20.4. The van der Waals surface area contributed by atoms with Crippen molar-refractivity contribution in [2.24, 2.45) is 7.05 Å². The molecule has 0 bridgehead atoms. The van der Waals surface area contributed by atoms with E-state index in [1.165, 1.54) is 5.56 Å². The molecule has 1 atom stereocenters. The number of fused-ring (bicyclic) bond motifs is 1. The van der Waals surface area contributed by atoms with Gasteiger partial charge in [-0.15, -0.1) is 0 Å². The first-order valence-electron chi connectivity index (χ1n) is 10.1. The lowest BCUT2D eigenvalue weighted by molar-refractivity contribution is -0.129. The molecule has 0 unspecified atom stereocenters. The molecule has 2 heterocycles. The maximum atomic E-state index is 12.9. The summed E-state index contributed by atoms with van der Waals surface area (Å²) in [5.41, 5.74) is 4.02. The number of aryl methyl sites for hydroxylation is 3. The fraction of sp³-hybridized carbons (Fsp3) is 0.545. The van der Waals surface area contributed by atoms with Gasteiger partial charge < -0.3 is 19.7 Å². The molecular formula is C22H32N4O2. The summed E-state index contributed by atoms with van der Waals surface area (Å²) in [5, 5.41) is 4.21. The molecule has 1 aromatic heterocycles. The Kier molecular flexibility index (Phi) is 6.08. The highest BCUT2D eigenvalue weighted by Gasteiger charge is 2.30. The minimum atomic E-state index is -0.0419. The number of likely N-dealkylation sites (tertiary alicyclic amines) is 1. The summed E-state index contributed by atoms with van der Waals surface area (Å²) in [7, 11) is 5.99. The second-order valence-corrected chi connectivity index (χ2v) is 8.13. The van der Waals surface area contributed by atoms with Gasteiger partial charge in [-0.25, -0.2) is 0 Å². The van der Waals surface area contributed by atoms with E-state index < -0.39 is 0 Å². The van der Waals surface area contributed by atoms with Crippen molar-refractivity contribution in [2.45, 2.75) is 39.2 Å². The number of hydrogen-bond donors (Lipinski definition) is 1. The van der Waals surface area contributed by atoms with E-state index in [1.807, 2.05) is 43.6 Å². The van der Waals surface area contributed by atoms with E-state index in [9.17, 15) is 9.59 Å². The largest absolute Gasteiger partial charge is 0.351 e. The summed E-state index contributed by atoms with van der Waals surface area (Å²) in [6.07, 6.45) is 2.30. The van der Waals surface area contributed by atoms with E-state index in [-0.39, 0.29) is 17.9 Å². The summed E-state index contributed by atoms with van der Waals surface area (Å²) >= 11 is 0. The Morgan fingerprint density at radius 1 is 1.29 bits per heavy atom. The van der Waals surface area contributed by atoms with Crippen LogP contribution in [0.5, 0.6) is 0 Å². The standard InChI is InChI=1S/C22H32N4O2/c1-15-7-6-8-18-16(2)21(25(5)20(15)18)22(28)23-12-11-17-9-10-19(27)26(17)14-13-24(3)4/h6-8,17H,9-14H2,1-5H3,(H,23,28)/t17-/m0/s1. The molecule has 1 aliphatic heterocycles. The molecule has 1 N–H and O–H groups in total. The molecule has 1 aromatic carbocycles. The molecule has 3 rings (SSSR count). The van der Waals surface area contributed by atoms with Gasteiger partial charge in [0.1, 0.15) is 5.69 Å². The van der Waals surface area contributed by atoms with Gasteiger partial charge in [0.15, 0.2) is 0 Å². The van der Waals surface area contributed by atoms with Gasteiger partial charge in [-0.05, 0) is 51.9 Å². The Balaban J connectivity index is 1.64. The van der Waals surface area contributed by atoms with E-state index in [4.69, 9.17) is 0 Å². The Morgan fingerprint density at radius 3 is 2.71 bits per heavy atom. The Morgan fingerprint density at radius 2 is 2.04 bits per heavy atom. The molecule has 1 fully saturated rings. The quantitative estimate of drug-likeness (QED) is 0.798. The average molecular weight is 385 g/mol. The monoisotopic (exact) mass is 384 g/mol. The maximum absolute atomic E-state index is 12.9. The van der Waals surface area contributed by atoms with E-state index in [0.29, 0.717) is 13.0 Å². The number of benzene rings is 1. The van der Waals surface area contributed by atoms with Crippen LogP contribution in [0.3, 0.4) is 0 Å². The van der Waals surface area contributed by atoms with Crippen LogP contribution in [-0.4, -0.2) is 66.0 Å². The third-order valence-corrected chi connectivity index (χ3v) is 5.89. The van der Waals surface area contributed by atoms with Crippen molar-refractivity contribution >= 4 is 22.7 Å². The molecule has 0 radical (unpaired) electrons. The van der Waals surface area contributed by atoms with Gasteiger partial charge in [0.05, 0.1) is 5.52 Å². The van der Waals surface area contributed by atoms with E-state index in [2.05, 4.69) is 29.3 Å². The number of para-hydroxylation sites is 1. The first-order valence-corrected chi connectivity index (χ1v) is 10.1. The van der Waals surface area contributed by atoms with Crippen molar-refractivity contribution in [1.29, 1.82) is 0 Å². The first kappa shape index (κ1) is 20.4. The molecule has 0 saturated carbocycles. The van der Waals surface area contributed by atoms with Crippen molar-refractivity contribution in [3.8, 4) is 0 Å². The molecule has 2 aromatic rings. The van der Waals surface area contributed by atoms with Crippen molar-refractivity contribution < 1.29 is 9.59 Å². The van der Waals surface area contributed by atoms with Crippen LogP contribution in [0, 0.1) is 13.8 Å². The topological polar surface area (TPSA) is 57.6 Å². The first-order chi connectivity index (χ1) is 13.3. The number of hydrogen-bond acceptors (Lipinski definition) is 3. The summed E-state index contributed by atoms with van der Waals surface area (Å²) in [6, 6.07) is 6.40. The van der Waals surface area contributed by atoms with Gasteiger partial charge in [-0.2, -0.15) is 0 Å². The Labute approximate surface area is 167 Å². The molecule has 0 aliphatic carbocycles. The molecular weight excluding hydrogens is 352 g/mol. The van der Waals surface area contributed by atoms with Crippen molar-refractivity contribution in [3.05, 3.63) is 35.0 Å². The summed E-state index contributed by atoms with van der Waals surface area (Å²) in [6.45, 7) is 6.28. The zero-order valence-corrected chi connectivity index (χ0v) is 17.7. The molecule has 1 saturated heterocycles. The van der Waals surface area contributed by atoms with Crippen LogP contribution in [0.1, 0.15) is 40.9 Å². The number of amides is 2. The molecule has 6 nitrogen and oxygen atoms in total. The SMILES string of the molecule is Cc1c(C(=O)NCC[C@@H]2CCC(=O)N2CCN(C)C)n(C)c2c(C)cccc12. The van der Waals surface area contributed by atoms with Gasteiger partial charge in [0, 0.05) is 44.5 Å². The molecule has 0 spiro atoms. The smallest absolute Gasteiger partial charge is 0.268 e. The number of nitrogens with one attached hydrogen (secondary N) is 1. The van der Waals surface area contributed by atoms with E-state index in [0.717, 1.165) is 48.1 Å². The van der Waals surface area contributed by atoms with Crippen LogP contribution < -0.4 is 5.32 Å². The second kappa shape index (κ2) is 8.35. The van der Waals surface area contributed by atoms with Crippen LogP contribution in [0.25, 0.3) is 10.9 Å².